The normalized spacial score (nSPS) is 14.2. The van der Waals surface area contributed by atoms with Gasteiger partial charge in [-0.05, 0) is 12.1 Å². The predicted octanol–water partition coefficient (Wildman–Crippen LogP) is 0.448. The molecule has 0 bridgehead atoms. The molecule has 1 aliphatic rings. The Bertz CT molecular complexity index is 808. The summed E-state index contributed by atoms with van der Waals surface area (Å²) in [5.74, 6) is -1.30. The molecule has 8 heteroatoms. The zero-order valence-electron chi connectivity index (χ0n) is 13.8. The first-order valence-electron chi connectivity index (χ1n) is 7.86. The standard InChI is InChI=1S/C17H18N4O4/c1-20-6-5-18-15(20)14(22)12-3-2-4-13(11-12)19-16(23)17(24)21-7-9-25-10-8-21/h2-6,11H,7-10H2,1H3,(H,19,23). The molecule has 1 aromatic carbocycles. The number of aromatic nitrogens is 2. The quantitative estimate of drug-likeness (QED) is 0.646. The number of amides is 2. The molecule has 25 heavy (non-hydrogen) atoms. The predicted molar refractivity (Wildman–Crippen MR) is 89.1 cm³/mol. The molecule has 130 valence electrons. The summed E-state index contributed by atoms with van der Waals surface area (Å²) in [4.78, 5) is 42.2. The van der Waals surface area contributed by atoms with Crippen LogP contribution in [0.4, 0.5) is 5.69 Å². The lowest BCUT2D eigenvalue weighted by Crippen LogP contribution is -2.45. The number of aryl methyl sites for hydroxylation is 1. The van der Waals surface area contributed by atoms with Crippen LogP contribution in [0.3, 0.4) is 0 Å². The molecule has 1 saturated heterocycles. The smallest absolute Gasteiger partial charge is 0.313 e. The maximum absolute atomic E-state index is 12.5. The Kier molecular flexibility index (Phi) is 4.90. The minimum atomic E-state index is -0.733. The molecule has 0 saturated carbocycles. The van der Waals surface area contributed by atoms with Crippen molar-refractivity contribution >= 4 is 23.3 Å². The average Bonchev–Trinajstić information content (AvgIpc) is 3.07. The molecule has 0 spiro atoms. The Morgan fingerprint density at radius 1 is 1.20 bits per heavy atom. The highest BCUT2D eigenvalue weighted by Gasteiger charge is 2.24. The number of hydrogen-bond donors (Lipinski definition) is 1. The van der Waals surface area contributed by atoms with Gasteiger partial charge in [-0.2, -0.15) is 0 Å². The largest absolute Gasteiger partial charge is 0.378 e. The van der Waals surface area contributed by atoms with Gasteiger partial charge in [-0.3, -0.25) is 14.4 Å². The van der Waals surface area contributed by atoms with Gasteiger partial charge in [-0.1, -0.05) is 12.1 Å². The lowest BCUT2D eigenvalue weighted by Gasteiger charge is -2.26. The fourth-order valence-corrected chi connectivity index (χ4v) is 2.55. The van der Waals surface area contributed by atoms with Gasteiger partial charge >= 0.3 is 11.8 Å². The number of nitrogens with one attached hydrogen (secondary N) is 1. The number of morpholine rings is 1. The fourth-order valence-electron chi connectivity index (χ4n) is 2.55. The highest BCUT2D eigenvalue weighted by atomic mass is 16.5. The third kappa shape index (κ3) is 3.74. The fraction of sp³-hybridized carbons (Fsp3) is 0.294. The molecule has 0 radical (unpaired) electrons. The van der Waals surface area contributed by atoms with Crippen molar-refractivity contribution in [3.8, 4) is 0 Å². The van der Waals surface area contributed by atoms with Gasteiger partial charge in [0, 0.05) is 43.8 Å². The lowest BCUT2D eigenvalue weighted by molar-refractivity contribution is -0.145. The first-order valence-corrected chi connectivity index (χ1v) is 7.86. The molecule has 1 aliphatic heterocycles. The molecule has 0 unspecified atom stereocenters. The number of carbonyl (C=O) groups is 3. The highest BCUT2D eigenvalue weighted by Crippen LogP contribution is 2.14. The van der Waals surface area contributed by atoms with Crippen LogP contribution in [0.25, 0.3) is 0 Å². The van der Waals surface area contributed by atoms with Crippen molar-refractivity contribution in [3.63, 3.8) is 0 Å². The van der Waals surface area contributed by atoms with Crippen molar-refractivity contribution in [3.05, 3.63) is 48.0 Å². The van der Waals surface area contributed by atoms with Gasteiger partial charge in [-0.25, -0.2) is 4.98 Å². The van der Waals surface area contributed by atoms with E-state index in [-0.39, 0.29) is 5.78 Å². The van der Waals surface area contributed by atoms with E-state index in [0.717, 1.165) is 0 Å². The maximum atomic E-state index is 12.5. The van der Waals surface area contributed by atoms with E-state index < -0.39 is 11.8 Å². The number of hydrogen-bond acceptors (Lipinski definition) is 5. The van der Waals surface area contributed by atoms with Gasteiger partial charge < -0.3 is 19.5 Å². The Morgan fingerprint density at radius 3 is 2.64 bits per heavy atom. The molecular weight excluding hydrogens is 324 g/mol. The van der Waals surface area contributed by atoms with E-state index in [4.69, 9.17) is 4.74 Å². The van der Waals surface area contributed by atoms with Crippen molar-refractivity contribution in [2.45, 2.75) is 0 Å². The van der Waals surface area contributed by atoms with Crippen LogP contribution < -0.4 is 5.32 Å². The SMILES string of the molecule is Cn1ccnc1C(=O)c1cccc(NC(=O)C(=O)N2CCOCC2)c1. The van der Waals surface area contributed by atoms with Crippen LogP contribution in [0.2, 0.25) is 0 Å². The molecule has 1 fully saturated rings. The van der Waals surface area contributed by atoms with Crippen LogP contribution in [0.1, 0.15) is 16.2 Å². The summed E-state index contributed by atoms with van der Waals surface area (Å²) in [6.07, 6.45) is 3.22. The van der Waals surface area contributed by atoms with Gasteiger partial charge in [0.05, 0.1) is 13.2 Å². The molecule has 0 atom stereocenters. The van der Waals surface area contributed by atoms with E-state index in [1.807, 2.05) is 0 Å². The van der Waals surface area contributed by atoms with E-state index in [1.54, 1.807) is 42.2 Å². The summed E-state index contributed by atoms with van der Waals surface area (Å²) in [7, 11) is 1.73. The average molecular weight is 342 g/mol. The van der Waals surface area contributed by atoms with Crippen LogP contribution in [0.15, 0.2) is 36.7 Å². The molecule has 8 nitrogen and oxygen atoms in total. The third-order valence-electron chi connectivity index (χ3n) is 3.90. The summed E-state index contributed by atoms with van der Waals surface area (Å²) >= 11 is 0. The number of carbonyl (C=O) groups excluding carboxylic acids is 3. The van der Waals surface area contributed by atoms with E-state index in [1.165, 1.54) is 11.0 Å². The molecular formula is C17H18N4O4. The molecule has 3 rings (SSSR count). The van der Waals surface area contributed by atoms with Crippen LogP contribution in [-0.4, -0.2) is 58.4 Å². The second kappa shape index (κ2) is 7.27. The second-order valence-corrected chi connectivity index (χ2v) is 5.63. The summed E-state index contributed by atoms with van der Waals surface area (Å²) in [6.45, 7) is 1.63. The van der Waals surface area contributed by atoms with Gasteiger partial charge in [0.15, 0.2) is 5.82 Å². The van der Waals surface area contributed by atoms with Crippen LogP contribution in [0.5, 0.6) is 0 Å². The highest BCUT2D eigenvalue weighted by molar-refractivity contribution is 6.39. The number of rotatable bonds is 3. The first kappa shape index (κ1) is 16.8. The number of anilines is 1. The Hall–Kier alpha value is -3.00. The van der Waals surface area contributed by atoms with E-state index in [2.05, 4.69) is 10.3 Å². The second-order valence-electron chi connectivity index (χ2n) is 5.63. The molecule has 0 aliphatic carbocycles. The number of imidazole rings is 1. The monoisotopic (exact) mass is 342 g/mol. The number of benzene rings is 1. The Balaban J connectivity index is 1.71. The maximum Gasteiger partial charge on any atom is 0.313 e. The van der Waals surface area contributed by atoms with Crippen molar-refractivity contribution in [2.75, 3.05) is 31.6 Å². The van der Waals surface area contributed by atoms with Crippen LogP contribution in [-0.2, 0) is 21.4 Å². The van der Waals surface area contributed by atoms with Crippen molar-refractivity contribution in [2.24, 2.45) is 7.05 Å². The minimum absolute atomic E-state index is 0.261. The molecule has 1 N–H and O–H groups in total. The Labute approximate surface area is 144 Å². The molecule has 1 aromatic heterocycles. The van der Waals surface area contributed by atoms with Crippen molar-refractivity contribution in [1.29, 1.82) is 0 Å². The Morgan fingerprint density at radius 2 is 1.96 bits per heavy atom. The number of ether oxygens (including phenoxy) is 1. The van der Waals surface area contributed by atoms with Gasteiger partial charge in [-0.15, -0.1) is 0 Å². The lowest BCUT2D eigenvalue weighted by atomic mass is 10.1. The summed E-state index contributed by atoms with van der Waals surface area (Å²) in [5, 5.41) is 2.54. The summed E-state index contributed by atoms with van der Waals surface area (Å²) < 4.78 is 6.78. The van der Waals surface area contributed by atoms with Crippen LogP contribution in [0, 0.1) is 0 Å². The summed E-state index contributed by atoms with van der Waals surface area (Å²) in [5.41, 5.74) is 0.762. The summed E-state index contributed by atoms with van der Waals surface area (Å²) in [6, 6.07) is 6.43. The van der Waals surface area contributed by atoms with Gasteiger partial charge in [0.1, 0.15) is 0 Å². The number of nitrogens with zero attached hydrogens (tertiary/aromatic N) is 3. The molecule has 2 heterocycles. The molecule has 2 amide bonds. The zero-order chi connectivity index (χ0) is 17.8. The van der Waals surface area contributed by atoms with Crippen molar-refractivity contribution in [1.82, 2.24) is 14.5 Å². The first-order chi connectivity index (χ1) is 12.1. The van der Waals surface area contributed by atoms with E-state index >= 15 is 0 Å². The molecule has 2 aromatic rings. The van der Waals surface area contributed by atoms with Gasteiger partial charge in [0.2, 0.25) is 5.78 Å². The zero-order valence-corrected chi connectivity index (χ0v) is 13.8. The minimum Gasteiger partial charge on any atom is -0.378 e. The van der Waals surface area contributed by atoms with E-state index in [0.29, 0.717) is 43.4 Å². The third-order valence-corrected chi connectivity index (χ3v) is 3.90. The number of ketones is 1. The van der Waals surface area contributed by atoms with Crippen LogP contribution >= 0.6 is 0 Å². The van der Waals surface area contributed by atoms with Gasteiger partial charge in [0.25, 0.3) is 0 Å². The van der Waals surface area contributed by atoms with E-state index in [9.17, 15) is 14.4 Å². The van der Waals surface area contributed by atoms with Crippen molar-refractivity contribution < 1.29 is 19.1 Å². The topological polar surface area (TPSA) is 93.5 Å².